The smallest absolute Gasteiger partial charge is 0.251 e. The van der Waals surface area contributed by atoms with Crippen LogP contribution in [0.4, 0.5) is 0 Å². The summed E-state index contributed by atoms with van der Waals surface area (Å²) in [5, 5.41) is 2.94. The Morgan fingerprint density at radius 2 is 1.83 bits per heavy atom. The number of sulfonamides is 1. The first-order valence-electron chi connectivity index (χ1n) is 8.91. The molecule has 0 fully saturated rings. The van der Waals surface area contributed by atoms with Crippen LogP contribution in [0.5, 0.6) is 0 Å². The van der Waals surface area contributed by atoms with Gasteiger partial charge >= 0.3 is 0 Å². The van der Waals surface area contributed by atoms with Crippen molar-refractivity contribution < 1.29 is 17.6 Å². The SMILES string of the molecule is CNC(=O)c1ccc(CN(Cc2ccco2)S(=O)(=O)c2ccc(C)c(Cl)c2)cc1. The van der Waals surface area contributed by atoms with Crippen LogP contribution in [0.2, 0.25) is 5.02 Å². The van der Waals surface area contributed by atoms with Crippen molar-refractivity contribution in [2.75, 3.05) is 7.05 Å². The molecule has 0 aliphatic carbocycles. The summed E-state index contributed by atoms with van der Waals surface area (Å²) in [5.74, 6) is 0.319. The predicted molar refractivity (Wildman–Crippen MR) is 111 cm³/mol. The number of carbonyl (C=O) groups excluding carboxylic acids is 1. The third-order valence-electron chi connectivity index (χ3n) is 4.50. The summed E-state index contributed by atoms with van der Waals surface area (Å²) >= 11 is 6.15. The van der Waals surface area contributed by atoms with Gasteiger partial charge in [-0.1, -0.05) is 29.8 Å². The van der Waals surface area contributed by atoms with E-state index in [-0.39, 0.29) is 23.9 Å². The number of furan rings is 1. The van der Waals surface area contributed by atoms with Crippen molar-refractivity contribution in [2.24, 2.45) is 0 Å². The van der Waals surface area contributed by atoms with E-state index in [0.29, 0.717) is 16.3 Å². The summed E-state index contributed by atoms with van der Waals surface area (Å²) in [5.41, 5.74) is 2.04. The zero-order chi connectivity index (χ0) is 21.0. The number of hydrogen-bond donors (Lipinski definition) is 1. The van der Waals surface area contributed by atoms with E-state index in [9.17, 15) is 13.2 Å². The summed E-state index contributed by atoms with van der Waals surface area (Å²) in [7, 11) is -2.28. The maximum absolute atomic E-state index is 13.3. The van der Waals surface area contributed by atoms with E-state index >= 15 is 0 Å². The highest BCUT2D eigenvalue weighted by Crippen LogP contribution is 2.25. The van der Waals surface area contributed by atoms with Gasteiger partial charge in [-0.3, -0.25) is 4.79 Å². The van der Waals surface area contributed by atoms with Crippen molar-refractivity contribution in [1.29, 1.82) is 0 Å². The molecular formula is C21H21ClN2O4S. The molecule has 0 unspecified atom stereocenters. The Morgan fingerprint density at radius 3 is 2.41 bits per heavy atom. The molecule has 0 spiro atoms. The minimum atomic E-state index is -3.84. The van der Waals surface area contributed by atoms with Gasteiger partial charge in [-0.25, -0.2) is 8.42 Å². The van der Waals surface area contributed by atoms with E-state index in [4.69, 9.17) is 16.0 Å². The molecule has 0 atom stereocenters. The molecule has 0 bridgehead atoms. The fourth-order valence-electron chi connectivity index (χ4n) is 2.79. The maximum atomic E-state index is 13.3. The summed E-state index contributed by atoms with van der Waals surface area (Å²) in [6.45, 7) is 1.99. The Kier molecular flexibility index (Phi) is 6.42. The number of amides is 1. The van der Waals surface area contributed by atoms with Crippen LogP contribution in [-0.4, -0.2) is 25.7 Å². The van der Waals surface area contributed by atoms with E-state index < -0.39 is 10.0 Å². The minimum absolute atomic E-state index is 0.0675. The quantitative estimate of drug-likeness (QED) is 0.612. The molecule has 152 valence electrons. The Bertz CT molecular complexity index is 1090. The highest BCUT2D eigenvalue weighted by atomic mass is 35.5. The Hall–Kier alpha value is -2.61. The van der Waals surface area contributed by atoms with Gasteiger partial charge in [-0.15, -0.1) is 0 Å². The van der Waals surface area contributed by atoms with Gasteiger partial charge in [-0.05, 0) is 54.4 Å². The van der Waals surface area contributed by atoms with Crippen LogP contribution in [0.1, 0.15) is 27.2 Å². The van der Waals surface area contributed by atoms with Crippen LogP contribution in [0.3, 0.4) is 0 Å². The lowest BCUT2D eigenvalue weighted by Crippen LogP contribution is -2.30. The van der Waals surface area contributed by atoms with Crippen molar-refractivity contribution in [3.05, 3.63) is 88.3 Å². The van der Waals surface area contributed by atoms with Crippen molar-refractivity contribution in [1.82, 2.24) is 9.62 Å². The number of carbonyl (C=O) groups is 1. The predicted octanol–water partition coefficient (Wildman–Crippen LogP) is 3.99. The molecule has 0 aliphatic rings. The second kappa shape index (κ2) is 8.82. The highest BCUT2D eigenvalue weighted by molar-refractivity contribution is 7.89. The monoisotopic (exact) mass is 432 g/mol. The number of rotatable bonds is 7. The van der Waals surface area contributed by atoms with Crippen LogP contribution in [0.25, 0.3) is 0 Å². The number of aryl methyl sites for hydroxylation is 1. The van der Waals surface area contributed by atoms with Crippen molar-refractivity contribution in [2.45, 2.75) is 24.9 Å². The third kappa shape index (κ3) is 4.87. The van der Waals surface area contributed by atoms with Crippen molar-refractivity contribution in [3.8, 4) is 0 Å². The molecule has 8 heteroatoms. The number of halogens is 1. The van der Waals surface area contributed by atoms with Gasteiger partial charge in [0, 0.05) is 24.2 Å². The molecular weight excluding hydrogens is 412 g/mol. The summed E-state index contributed by atoms with van der Waals surface area (Å²) < 4.78 is 33.3. The molecule has 0 saturated heterocycles. The van der Waals surface area contributed by atoms with E-state index in [1.165, 1.54) is 16.6 Å². The lowest BCUT2D eigenvalue weighted by Gasteiger charge is -2.22. The van der Waals surface area contributed by atoms with Gasteiger partial charge in [0.1, 0.15) is 5.76 Å². The molecule has 29 heavy (non-hydrogen) atoms. The second-order valence-electron chi connectivity index (χ2n) is 6.54. The molecule has 1 heterocycles. The van der Waals surface area contributed by atoms with E-state index in [1.807, 2.05) is 6.92 Å². The standard InChI is InChI=1S/C21H21ClN2O4S/c1-15-5-10-19(12-20(15)22)29(26,27)24(14-18-4-3-11-28-18)13-16-6-8-17(9-7-16)21(25)23-2/h3-12H,13-14H2,1-2H3,(H,23,25). The molecule has 1 amide bonds. The molecule has 1 aromatic heterocycles. The fraction of sp³-hybridized carbons (Fsp3) is 0.190. The molecule has 6 nitrogen and oxygen atoms in total. The molecule has 3 rings (SSSR count). The lowest BCUT2D eigenvalue weighted by molar-refractivity contribution is 0.0963. The van der Waals surface area contributed by atoms with Gasteiger partial charge in [0.05, 0.1) is 17.7 Å². The first-order chi connectivity index (χ1) is 13.8. The van der Waals surface area contributed by atoms with E-state index in [1.54, 1.807) is 55.6 Å². The average molecular weight is 433 g/mol. The first-order valence-corrected chi connectivity index (χ1v) is 10.7. The zero-order valence-corrected chi connectivity index (χ0v) is 17.6. The summed E-state index contributed by atoms with van der Waals surface area (Å²) in [6, 6.07) is 14.9. The average Bonchev–Trinajstić information content (AvgIpc) is 3.22. The zero-order valence-electron chi connectivity index (χ0n) is 16.1. The molecule has 0 radical (unpaired) electrons. The molecule has 2 aromatic carbocycles. The molecule has 0 saturated carbocycles. The number of benzene rings is 2. The Morgan fingerprint density at radius 1 is 1.10 bits per heavy atom. The van der Waals surface area contributed by atoms with Crippen LogP contribution in [-0.2, 0) is 23.1 Å². The second-order valence-corrected chi connectivity index (χ2v) is 8.88. The van der Waals surface area contributed by atoms with Crippen molar-refractivity contribution in [3.63, 3.8) is 0 Å². The fourth-order valence-corrected chi connectivity index (χ4v) is 4.46. The van der Waals surface area contributed by atoms with Gasteiger partial charge in [-0.2, -0.15) is 4.31 Å². The van der Waals surface area contributed by atoms with Crippen LogP contribution in [0.15, 0.2) is 70.2 Å². The van der Waals surface area contributed by atoms with Gasteiger partial charge in [0.2, 0.25) is 10.0 Å². The third-order valence-corrected chi connectivity index (χ3v) is 6.69. The van der Waals surface area contributed by atoms with Gasteiger partial charge in [0.25, 0.3) is 5.91 Å². The highest BCUT2D eigenvalue weighted by Gasteiger charge is 2.26. The molecule has 1 N–H and O–H groups in total. The summed E-state index contributed by atoms with van der Waals surface area (Å²) in [6.07, 6.45) is 1.50. The van der Waals surface area contributed by atoms with E-state index in [0.717, 1.165) is 11.1 Å². The maximum Gasteiger partial charge on any atom is 0.251 e. The van der Waals surface area contributed by atoms with Crippen LogP contribution in [0, 0.1) is 6.92 Å². The Labute approximate surface area is 175 Å². The molecule has 3 aromatic rings. The summed E-state index contributed by atoms with van der Waals surface area (Å²) in [4.78, 5) is 11.8. The van der Waals surface area contributed by atoms with E-state index in [2.05, 4.69) is 5.32 Å². The minimum Gasteiger partial charge on any atom is -0.468 e. The van der Waals surface area contributed by atoms with Crippen LogP contribution < -0.4 is 5.32 Å². The first kappa shape index (κ1) is 21.1. The molecule has 0 aliphatic heterocycles. The normalized spacial score (nSPS) is 11.6. The van der Waals surface area contributed by atoms with Crippen LogP contribution >= 0.6 is 11.6 Å². The van der Waals surface area contributed by atoms with Gasteiger partial charge < -0.3 is 9.73 Å². The van der Waals surface area contributed by atoms with Crippen molar-refractivity contribution >= 4 is 27.5 Å². The largest absolute Gasteiger partial charge is 0.468 e. The topological polar surface area (TPSA) is 79.6 Å². The lowest BCUT2D eigenvalue weighted by atomic mass is 10.1. The number of hydrogen-bond acceptors (Lipinski definition) is 4. The Balaban J connectivity index is 1.93. The number of nitrogens with one attached hydrogen (secondary N) is 1. The van der Waals surface area contributed by atoms with Gasteiger partial charge in [0.15, 0.2) is 0 Å². The number of nitrogens with zero attached hydrogens (tertiary/aromatic N) is 1.